The molecule has 0 unspecified atom stereocenters. The first-order valence-corrected chi connectivity index (χ1v) is 4.45. The Morgan fingerprint density at radius 3 is 2.79 bits per heavy atom. The largest absolute Gasteiger partial charge is 0.495 e. The van der Waals surface area contributed by atoms with Crippen LogP contribution in [-0.2, 0) is 0 Å². The van der Waals surface area contributed by atoms with Crippen LogP contribution in [0.2, 0.25) is 0 Å². The molecule has 76 valence electrons. The highest BCUT2D eigenvalue weighted by molar-refractivity contribution is 5.90. The van der Waals surface area contributed by atoms with Gasteiger partial charge in [-0.1, -0.05) is 12.1 Å². The molecule has 1 aromatic rings. The fraction of sp³-hybridized carbons (Fsp3) is 0.300. The third-order valence-corrected chi connectivity index (χ3v) is 1.69. The van der Waals surface area contributed by atoms with E-state index in [9.17, 15) is 4.79 Å². The number of carbonyl (C=O) groups excluding carboxylic acids is 1. The van der Waals surface area contributed by atoms with Gasteiger partial charge in [0.15, 0.2) is 0 Å². The van der Waals surface area contributed by atoms with Gasteiger partial charge in [0.05, 0.1) is 12.8 Å². The summed E-state index contributed by atoms with van der Waals surface area (Å²) in [6.45, 7) is 2.46. The minimum absolute atomic E-state index is 0.225. The molecule has 0 heterocycles. The second-order valence-corrected chi connectivity index (χ2v) is 2.68. The Morgan fingerprint density at radius 1 is 1.43 bits per heavy atom. The molecule has 4 heteroatoms. The molecule has 0 aromatic heterocycles. The van der Waals surface area contributed by atoms with Crippen molar-refractivity contribution in [2.75, 3.05) is 19.0 Å². The zero-order chi connectivity index (χ0) is 10.4. The number of nitrogens with one attached hydrogen (secondary N) is 2. The van der Waals surface area contributed by atoms with Gasteiger partial charge in [-0.05, 0) is 19.1 Å². The number of hydrogen-bond donors (Lipinski definition) is 2. The van der Waals surface area contributed by atoms with Crippen molar-refractivity contribution in [3.05, 3.63) is 24.3 Å². The van der Waals surface area contributed by atoms with Crippen LogP contribution in [0.3, 0.4) is 0 Å². The first-order chi connectivity index (χ1) is 6.77. The van der Waals surface area contributed by atoms with Crippen molar-refractivity contribution in [3.8, 4) is 5.75 Å². The number of amides is 2. The number of para-hydroxylation sites is 2. The van der Waals surface area contributed by atoms with Crippen LogP contribution in [0.1, 0.15) is 6.92 Å². The van der Waals surface area contributed by atoms with Crippen LogP contribution in [0.15, 0.2) is 24.3 Å². The summed E-state index contributed by atoms with van der Waals surface area (Å²) in [5.41, 5.74) is 0.668. The number of carbonyl (C=O) groups is 1. The monoisotopic (exact) mass is 194 g/mol. The molecule has 0 atom stereocenters. The van der Waals surface area contributed by atoms with Crippen LogP contribution >= 0.6 is 0 Å². The van der Waals surface area contributed by atoms with E-state index in [4.69, 9.17) is 4.74 Å². The molecular formula is C10H14N2O2. The minimum atomic E-state index is -0.225. The molecule has 0 spiro atoms. The van der Waals surface area contributed by atoms with Crippen LogP contribution < -0.4 is 15.4 Å². The van der Waals surface area contributed by atoms with Gasteiger partial charge < -0.3 is 15.4 Å². The molecule has 1 aromatic carbocycles. The van der Waals surface area contributed by atoms with Crippen LogP contribution in [-0.4, -0.2) is 19.7 Å². The lowest BCUT2D eigenvalue weighted by molar-refractivity contribution is 0.252. The lowest BCUT2D eigenvalue weighted by Crippen LogP contribution is -2.28. The van der Waals surface area contributed by atoms with Crippen molar-refractivity contribution in [1.82, 2.24) is 5.32 Å². The smallest absolute Gasteiger partial charge is 0.319 e. The van der Waals surface area contributed by atoms with Gasteiger partial charge in [-0.15, -0.1) is 0 Å². The van der Waals surface area contributed by atoms with E-state index in [1.54, 1.807) is 19.2 Å². The van der Waals surface area contributed by atoms with Crippen LogP contribution in [0.4, 0.5) is 10.5 Å². The Labute approximate surface area is 83.3 Å². The van der Waals surface area contributed by atoms with E-state index < -0.39 is 0 Å². The number of hydrogen-bond acceptors (Lipinski definition) is 2. The van der Waals surface area contributed by atoms with Crippen molar-refractivity contribution in [3.63, 3.8) is 0 Å². The van der Waals surface area contributed by atoms with Gasteiger partial charge in [-0.3, -0.25) is 0 Å². The molecule has 0 saturated carbocycles. The zero-order valence-electron chi connectivity index (χ0n) is 8.33. The standard InChI is InChI=1S/C10H14N2O2/c1-3-11-10(13)12-8-6-4-5-7-9(8)14-2/h4-7H,3H2,1-2H3,(H2,11,12,13). The van der Waals surface area contributed by atoms with Crippen molar-refractivity contribution >= 4 is 11.7 Å². The molecule has 0 radical (unpaired) electrons. The van der Waals surface area contributed by atoms with Gasteiger partial charge in [0.2, 0.25) is 0 Å². The number of rotatable bonds is 3. The second kappa shape index (κ2) is 5.11. The molecule has 1 rings (SSSR count). The van der Waals surface area contributed by atoms with Gasteiger partial charge in [0.25, 0.3) is 0 Å². The number of benzene rings is 1. The quantitative estimate of drug-likeness (QED) is 0.771. The van der Waals surface area contributed by atoms with E-state index in [1.165, 1.54) is 0 Å². The Morgan fingerprint density at radius 2 is 2.14 bits per heavy atom. The average molecular weight is 194 g/mol. The third kappa shape index (κ3) is 2.65. The predicted octanol–water partition coefficient (Wildman–Crippen LogP) is 1.84. The molecule has 4 nitrogen and oxygen atoms in total. The average Bonchev–Trinajstić information content (AvgIpc) is 2.19. The fourth-order valence-electron chi connectivity index (χ4n) is 1.07. The van der Waals surface area contributed by atoms with E-state index in [0.29, 0.717) is 18.0 Å². The molecule has 0 saturated heterocycles. The maximum absolute atomic E-state index is 11.2. The summed E-state index contributed by atoms with van der Waals surface area (Å²) in [4.78, 5) is 11.2. The van der Waals surface area contributed by atoms with Gasteiger partial charge in [-0.2, -0.15) is 0 Å². The van der Waals surface area contributed by atoms with Crippen LogP contribution in [0.25, 0.3) is 0 Å². The lowest BCUT2D eigenvalue weighted by atomic mass is 10.3. The van der Waals surface area contributed by atoms with Gasteiger partial charge in [0.1, 0.15) is 5.75 Å². The van der Waals surface area contributed by atoms with Crippen molar-refractivity contribution in [1.29, 1.82) is 0 Å². The molecule has 0 bridgehead atoms. The van der Waals surface area contributed by atoms with Crippen molar-refractivity contribution < 1.29 is 9.53 Å². The molecule has 0 aliphatic rings. The Balaban J connectivity index is 2.70. The topological polar surface area (TPSA) is 50.4 Å². The highest BCUT2D eigenvalue weighted by atomic mass is 16.5. The van der Waals surface area contributed by atoms with Gasteiger partial charge >= 0.3 is 6.03 Å². The molecule has 0 aliphatic heterocycles. The molecule has 14 heavy (non-hydrogen) atoms. The Kier molecular flexibility index (Phi) is 3.79. The summed E-state index contributed by atoms with van der Waals surface area (Å²) < 4.78 is 5.08. The summed E-state index contributed by atoms with van der Waals surface area (Å²) in [5.74, 6) is 0.652. The summed E-state index contributed by atoms with van der Waals surface area (Å²) in [5, 5.41) is 5.33. The minimum Gasteiger partial charge on any atom is -0.495 e. The maximum Gasteiger partial charge on any atom is 0.319 e. The summed E-state index contributed by atoms with van der Waals surface area (Å²) >= 11 is 0. The SMILES string of the molecule is CCNC(=O)Nc1ccccc1OC. The van der Waals surface area contributed by atoms with E-state index in [0.717, 1.165) is 0 Å². The van der Waals surface area contributed by atoms with Crippen LogP contribution in [0, 0.1) is 0 Å². The molecule has 2 N–H and O–H groups in total. The Bertz CT molecular complexity index is 313. The van der Waals surface area contributed by atoms with Gasteiger partial charge in [0, 0.05) is 6.54 Å². The van der Waals surface area contributed by atoms with E-state index in [1.807, 2.05) is 19.1 Å². The highest BCUT2D eigenvalue weighted by Crippen LogP contribution is 2.22. The third-order valence-electron chi connectivity index (χ3n) is 1.69. The van der Waals surface area contributed by atoms with Gasteiger partial charge in [-0.25, -0.2) is 4.79 Å². The first-order valence-electron chi connectivity index (χ1n) is 4.45. The lowest BCUT2D eigenvalue weighted by Gasteiger charge is -2.09. The van der Waals surface area contributed by atoms with E-state index in [-0.39, 0.29) is 6.03 Å². The summed E-state index contributed by atoms with van der Waals surface area (Å²) in [6.07, 6.45) is 0. The second-order valence-electron chi connectivity index (χ2n) is 2.68. The van der Waals surface area contributed by atoms with Crippen LogP contribution in [0.5, 0.6) is 5.75 Å². The number of anilines is 1. The highest BCUT2D eigenvalue weighted by Gasteiger charge is 2.04. The van der Waals surface area contributed by atoms with E-state index in [2.05, 4.69) is 10.6 Å². The first kappa shape index (κ1) is 10.4. The summed E-state index contributed by atoms with van der Waals surface area (Å²) in [7, 11) is 1.57. The van der Waals surface area contributed by atoms with Crippen molar-refractivity contribution in [2.45, 2.75) is 6.92 Å². The molecule has 0 fully saturated rings. The Hall–Kier alpha value is -1.71. The normalized spacial score (nSPS) is 9.29. The number of methoxy groups -OCH3 is 1. The predicted molar refractivity (Wildman–Crippen MR) is 55.7 cm³/mol. The van der Waals surface area contributed by atoms with Crippen molar-refractivity contribution in [2.24, 2.45) is 0 Å². The maximum atomic E-state index is 11.2. The zero-order valence-corrected chi connectivity index (χ0v) is 8.33. The van der Waals surface area contributed by atoms with E-state index >= 15 is 0 Å². The summed E-state index contributed by atoms with van der Waals surface area (Å²) in [6, 6.07) is 7.04. The molecular weight excluding hydrogens is 180 g/mol. The number of urea groups is 1. The number of ether oxygens (including phenoxy) is 1. The molecule has 0 aliphatic carbocycles. The molecule has 2 amide bonds. The fourth-order valence-corrected chi connectivity index (χ4v) is 1.07.